The third-order valence-corrected chi connectivity index (χ3v) is 7.99. The van der Waals surface area contributed by atoms with Gasteiger partial charge >= 0.3 is 6.03 Å². The first-order valence-corrected chi connectivity index (χ1v) is 13.2. The maximum Gasteiger partial charge on any atom is 0.320 e. The van der Waals surface area contributed by atoms with E-state index in [1.165, 1.54) is 0 Å². The standard InChI is InChI=1S/C26H39ClN4O3/c1-18-16-29(11-12-31(18)26(34)30-9-3-4-10-30)17-21-14-22(27)15-24(19(21)2)28-25(33)13-20-5-7-23(32)8-6-20/h14-15,18,20,23,32H,3-13,16-17H2,1-2H3,(H,28,33)/t18-,20-,23-/m0/s1. The molecule has 1 atom stereocenters. The summed E-state index contributed by atoms with van der Waals surface area (Å²) in [6, 6.07) is 4.16. The Morgan fingerprint density at radius 2 is 1.79 bits per heavy atom. The number of hydrogen-bond donors (Lipinski definition) is 2. The molecule has 188 valence electrons. The number of benzene rings is 1. The van der Waals surface area contributed by atoms with Crippen LogP contribution in [0, 0.1) is 12.8 Å². The summed E-state index contributed by atoms with van der Waals surface area (Å²) in [5.74, 6) is 0.351. The van der Waals surface area contributed by atoms with E-state index in [1.807, 2.05) is 28.9 Å². The van der Waals surface area contributed by atoms with Crippen molar-refractivity contribution in [3.05, 3.63) is 28.3 Å². The lowest BCUT2D eigenvalue weighted by Crippen LogP contribution is -2.56. The van der Waals surface area contributed by atoms with Gasteiger partial charge in [-0.2, -0.15) is 0 Å². The number of nitrogens with one attached hydrogen (secondary N) is 1. The van der Waals surface area contributed by atoms with Gasteiger partial charge in [0.2, 0.25) is 5.91 Å². The molecule has 2 saturated heterocycles. The van der Waals surface area contributed by atoms with Gasteiger partial charge in [-0.05, 0) is 81.5 Å². The first-order chi connectivity index (χ1) is 16.3. The third kappa shape index (κ3) is 6.23. The van der Waals surface area contributed by atoms with Crippen molar-refractivity contribution in [1.82, 2.24) is 14.7 Å². The molecule has 2 aliphatic heterocycles. The molecule has 3 fully saturated rings. The zero-order valence-corrected chi connectivity index (χ0v) is 21.3. The SMILES string of the molecule is Cc1c(CN2CCN(C(=O)N3CCCC3)[C@@H](C)C2)cc(Cl)cc1NC(=O)C[C@H]1CC[C@H](O)CC1. The van der Waals surface area contributed by atoms with Crippen LogP contribution in [0.3, 0.4) is 0 Å². The molecule has 0 unspecified atom stereocenters. The smallest absolute Gasteiger partial charge is 0.320 e. The molecular weight excluding hydrogens is 452 g/mol. The number of carbonyl (C=O) groups excluding carboxylic acids is 2. The highest BCUT2D eigenvalue weighted by Gasteiger charge is 2.31. The van der Waals surface area contributed by atoms with Crippen molar-refractivity contribution in [3.63, 3.8) is 0 Å². The molecule has 1 aromatic carbocycles. The van der Waals surface area contributed by atoms with Crippen LogP contribution >= 0.6 is 11.6 Å². The molecule has 1 aliphatic carbocycles. The maximum atomic E-state index is 12.8. The van der Waals surface area contributed by atoms with Crippen molar-refractivity contribution in [2.45, 2.75) is 77.5 Å². The first kappa shape index (κ1) is 25.3. The molecule has 0 aromatic heterocycles. The van der Waals surface area contributed by atoms with Gasteiger partial charge in [-0.1, -0.05) is 11.6 Å². The number of carbonyl (C=O) groups is 2. The molecule has 2 heterocycles. The highest BCUT2D eigenvalue weighted by Crippen LogP contribution is 2.30. The summed E-state index contributed by atoms with van der Waals surface area (Å²) in [7, 11) is 0. The van der Waals surface area contributed by atoms with E-state index < -0.39 is 0 Å². The first-order valence-electron chi connectivity index (χ1n) is 12.8. The quantitative estimate of drug-likeness (QED) is 0.647. The average molecular weight is 491 g/mol. The summed E-state index contributed by atoms with van der Waals surface area (Å²) in [5.41, 5.74) is 2.93. The fourth-order valence-electron chi connectivity index (χ4n) is 5.63. The Balaban J connectivity index is 1.34. The molecule has 3 amide bonds. The van der Waals surface area contributed by atoms with E-state index in [0.717, 1.165) is 94.6 Å². The monoisotopic (exact) mass is 490 g/mol. The number of likely N-dealkylation sites (tertiary alicyclic amines) is 1. The van der Waals surface area contributed by atoms with Gasteiger partial charge in [0, 0.05) is 62.4 Å². The van der Waals surface area contributed by atoms with Crippen molar-refractivity contribution in [3.8, 4) is 0 Å². The highest BCUT2D eigenvalue weighted by molar-refractivity contribution is 6.31. The van der Waals surface area contributed by atoms with E-state index in [2.05, 4.69) is 17.1 Å². The average Bonchev–Trinajstić information content (AvgIpc) is 3.33. The summed E-state index contributed by atoms with van der Waals surface area (Å²) in [4.78, 5) is 31.9. The number of hydrogen-bond acceptors (Lipinski definition) is 4. The minimum Gasteiger partial charge on any atom is -0.393 e. The van der Waals surface area contributed by atoms with Gasteiger partial charge < -0.3 is 20.2 Å². The van der Waals surface area contributed by atoms with E-state index >= 15 is 0 Å². The van der Waals surface area contributed by atoms with Crippen molar-refractivity contribution < 1.29 is 14.7 Å². The minimum atomic E-state index is -0.208. The van der Waals surface area contributed by atoms with Crippen molar-refractivity contribution in [2.75, 3.05) is 38.0 Å². The number of anilines is 1. The summed E-state index contributed by atoms with van der Waals surface area (Å²) in [6.07, 6.45) is 5.87. The van der Waals surface area contributed by atoms with Gasteiger partial charge in [0.15, 0.2) is 0 Å². The molecule has 7 nitrogen and oxygen atoms in total. The predicted octanol–water partition coefficient (Wildman–Crippen LogP) is 4.25. The summed E-state index contributed by atoms with van der Waals surface area (Å²) in [6.45, 7) is 9.04. The fourth-order valence-corrected chi connectivity index (χ4v) is 5.87. The maximum absolute atomic E-state index is 12.8. The van der Waals surface area contributed by atoms with E-state index in [9.17, 15) is 14.7 Å². The van der Waals surface area contributed by atoms with E-state index in [4.69, 9.17) is 11.6 Å². The molecule has 0 bridgehead atoms. The number of halogens is 1. The molecule has 1 aromatic rings. The molecular formula is C26H39ClN4O3. The summed E-state index contributed by atoms with van der Waals surface area (Å²) in [5, 5.41) is 13.4. The Morgan fingerprint density at radius 3 is 2.47 bits per heavy atom. The number of amides is 3. The van der Waals surface area contributed by atoms with Crippen LogP contribution in [0.15, 0.2) is 12.1 Å². The Bertz CT molecular complexity index is 881. The second kappa shape index (κ2) is 11.3. The van der Waals surface area contributed by atoms with Gasteiger partial charge in [-0.15, -0.1) is 0 Å². The highest BCUT2D eigenvalue weighted by atomic mass is 35.5. The summed E-state index contributed by atoms with van der Waals surface area (Å²) < 4.78 is 0. The van der Waals surface area contributed by atoms with Crippen LogP contribution < -0.4 is 5.32 Å². The molecule has 3 aliphatic rings. The molecule has 1 saturated carbocycles. The lowest BCUT2D eigenvalue weighted by atomic mass is 9.85. The number of nitrogens with zero attached hydrogens (tertiary/aromatic N) is 3. The van der Waals surface area contributed by atoms with Crippen LogP contribution in [0.2, 0.25) is 5.02 Å². The van der Waals surface area contributed by atoms with Gasteiger partial charge in [-0.3, -0.25) is 9.69 Å². The zero-order valence-electron chi connectivity index (χ0n) is 20.6. The molecule has 0 spiro atoms. The van der Waals surface area contributed by atoms with E-state index in [0.29, 0.717) is 17.4 Å². The van der Waals surface area contributed by atoms with E-state index in [-0.39, 0.29) is 24.1 Å². The number of urea groups is 1. The van der Waals surface area contributed by atoms with E-state index in [1.54, 1.807) is 0 Å². The Hall–Kier alpha value is -1.83. The largest absolute Gasteiger partial charge is 0.393 e. The Labute approximate surface area is 208 Å². The van der Waals surface area contributed by atoms with Crippen LogP contribution in [0.1, 0.15) is 63.0 Å². The molecule has 2 N–H and O–H groups in total. The van der Waals surface area contributed by atoms with Gasteiger partial charge in [-0.25, -0.2) is 4.79 Å². The number of piperazine rings is 1. The normalized spacial score (nSPS) is 26.1. The van der Waals surface area contributed by atoms with Crippen molar-refractivity contribution >= 4 is 29.2 Å². The van der Waals surface area contributed by atoms with Gasteiger partial charge in [0.05, 0.1) is 6.10 Å². The number of aliphatic hydroxyl groups is 1. The summed E-state index contributed by atoms with van der Waals surface area (Å²) >= 11 is 6.44. The van der Waals surface area contributed by atoms with Crippen LogP contribution in [0.25, 0.3) is 0 Å². The Morgan fingerprint density at radius 1 is 1.09 bits per heavy atom. The number of aliphatic hydroxyl groups excluding tert-OH is 1. The van der Waals surface area contributed by atoms with Crippen LogP contribution in [0.4, 0.5) is 10.5 Å². The Kier molecular flexibility index (Phi) is 8.38. The molecule has 0 radical (unpaired) electrons. The lowest BCUT2D eigenvalue weighted by molar-refractivity contribution is -0.117. The minimum absolute atomic E-state index is 0.0142. The third-order valence-electron chi connectivity index (χ3n) is 7.77. The van der Waals surface area contributed by atoms with Crippen LogP contribution in [-0.2, 0) is 11.3 Å². The molecule has 8 heteroatoms. The topological polar surface area (TPSA) is 76.1 Å². The second-order valence-electron chi connectivity index (χ2n) is 10.4. The zero-order chi connectivity index (χ0) is 24.2. The van der Waals surface area contributed by atoms with Gasteiger partial charge in [0.1, 0.15) is 0 Å². The van der Waals surface area contributed by atoms with Crippen LogP contribution in [-0.4, -0.2) is 76.6 Å². The lowest BCUT2D eigenvalue weighted by Gasteiger charge is -2.41. The van der Waals surface area contributed by atoms with Crippen molar-refractivity contribution in [1.29, 1.82) is 0 Å². The molecule has 34 heavy (non-hydrogen) atoms. The van der Waals surface area contributed by atoms with Crippen LogP contribution in [0.5, 0.6) is 0 Å². The van der Waals surface area contributed by atoms with Gasteiger partial charge in [0.25, 0.3) is 0 Å². The number of rotatable bonds is 5. The fraction of sp³-hybridized carbons (Fsp3) is 0.692. The predicted molar refractivity (Wildman–Crippen MR) is 135 cm³/mol. The van der Waals surface area contributed by atoms with Crippen molar-refractivity contribution in [2.24, 2.45) is 5.92 Å². The molecule has 4 rings (SSSR count). The second-order valence-corrected chi connectivity index (χ2v) is 10.9.